The summed E-state index contributed by atoms with van der Waals surface area (Å²) in [6, 6.07) is 0. The maximum atomic E-state index is 8.74. The van der Waals surface area contributed by atoms with Crippen molar-refractivity contribution in [3.8, 4) is 0 Å². The van der Waals surface area contributed by atoms with Gasteiger partial charge in [-0.15, -0.1) is 0 Å². The fourth-order valence-electron chi connectivity index (χ4n) is 3.29. The molecule has 2 heterocycles. The molecule has 0 aromatic heterocycles. The highest BCUT2D eigenvalue weighted by Crippen LogP contribution is 2.20. The summed E-state index contributed by atoms with van der Waals surface area (Å²) in [5.41, 5.74) is 10.7. The molecule has 2 aliphatic rings. The van der Waals surface area contributed by atoms with Crippen molar-refractivity contribution in [3.63, 3.8) is 0 Å². The van der Waals surface area contributed by atoms with E-state index >= 15 is 0 Å². The van der Waals surface area contributed by atoms with E-state index in [0.29, 0.717) is 11.8 Å². The first-order valence-electron chi connectivity index (χ1n) is 9.57. The fraction of sp³-hybridized carbons (Fsp3) is 0.875. The number of nitrogens with one attached hydrogen (secondary N) is 2. The molecular weight excluding hydrogens is 404 g/mol. The third kappa shape index (κ3) is 14.9. The quantitative estimate of drug-likeness (QED) is 0.156. The molecule has 0 unspecified atom stereocenters. The number of hydrogen-bond donors (Lipinski definition) is 8. The Morgan fingerprint density at radius 1 is 0.793 bits per heavy atom. The van der Waals surface area contributed by atoms with Crippen molar-refractivity contribution in [3.05, 3.63) is 0 Å². The van der Waals surface area contributed by atoms with Gasteiger partial charge in [-0.05, 0) is 50.4 Å². The number of nitrogens with two attached hydrogens (primary N) is 2. The summed E-state index contributed by atoms with van der Waals surface area (Å²) in [6.45, 7) is 4.06. The molecule has 0 atom stereocenters. The highest BCUT2D eigenvalue weighted by molar-refractivity contribution is 7.79. The Hall–Kier alpha value is -1.67. The zero-order chi connectivity index (χ0) is 22.4. The van der Waals surface area contributed by atoms with E-state index in [9.17, 15) is 0 Å². The third-order valence-electron chi connectivity index (χ3n) is 4.99. The van der Waals surface area contributed by atoms with Gasteiger partial charge in [0.1, 0.15) is 0 Å². The molecule has 2 rings (SSSR count). The Morgan fingerprint density at radius 3 is 1.21 bits per heavy atom. The van der Waals surface area contributed by atoms with E-state index in [4.69, 9.17) is 50.0 Å². The smallest absolute Gasteiger partial charge is 0.394 e. The van der Waals surface area contributed by atoms with Crippen molar-refractivity contribution >= 4 is 22.3 Å². The van der Waals surface area contributed by atoms with E-state index < -0.39 is 10.4 Å². The fourth-order valence-corrected chi connectivity index (χ4v) is 3.29. The van der Waals surface area contributed by atoms with Crippen molar-refractivity contribution < 1.29 is 27.7 Å². The monoisotopic (exact) mass is 440 g/mol. The number of guanidine groups is 2. The molecule has 0 aromatic rings. The van der Waals surface area contributed by atoms with E-state index in [1.165, 1.54) is 0 Å². The molecule has 0 spiro atoms. The molecule has 2 fully saturated rings. The number of nitrogens with zero attached hydrogens (tertiary/aromatic N) is 2. The van der Waals surface area contributed by atoms with Gasteiger partial charge in [0.2, 0.25) is 0 Å². The van der Waals surface area contributed by atoms with Crippen LogP contribution in [0.25, 0.3) is 0 Å². The normalized spacial score (nSPS) is 18.2. The summed E-state index contributed by atoms with van der Waals surface area (Å²) in [7, 11) is -4.67. The van der Waals surface area contributed by atoms with Crippen molar-refractivity contribution in [2.24, 2.45) is 23.3 Å². The number of piperidine rings is 2. The van der Waals surface area contributed by atoms with E-state index in [2.05, 4.69) is 0 Å². The van der Waals surface area contributed by atoms with Gasteiger partial charge in [-0.1, -0.05) is 0 Å². The topological polar surface area (TPSA) is 221 Å². The first-order valence-corrected chi connectivity index (χ1v) is 11.0. The Balaban J connectivity index is 0.000000442. The average molecular weight is 441 g/mol. The maximum Gasteiger partial charge on any atom is 0.394 e. The van der Waals surface area contributed by atoms with Crippen LogP contribution < -0.4 is 11.5 Å². The second-order valence-corrected chi connectivity index (χ2v) is 8.00. The molecule has 172 valence electrons. The molecule has 2 aliphatic heterocycles. The lowest BCUT2D eigenvalue weighted by molar-refractivity contribution is 0.202. The van der Waals surface area contributed by atoms with Crippen molar-refractivity contribution in [2.45, 2.75) is 38.5 Å². The van der Waals surface area contributed by atoms with Crippen LogP contribution in [0.15, 0.2) is 0 Å². The first kappa shape index (κ1) is 27.3. The Bertz CT molecular complexity index is 530. The molecule has 10 N–H and O–H groups in total. The van der Waals surface area contributed by atoms with Crippen LogP contribution in [0.1, 0.15) is 38.5 Å². The van der Waals surface area contributed by atoms with Crippen LogP contribution in [0.3, 0.4) is 0 Å². The largest absolute Gasteiger partial charge is 0.396 e. The van der Waals surface area contributed by atoms with Gasteiger partial charge >= 0.3 is 10.4 Å². The Kier molecular flexibility index (Phi) is 13.5. The van der Waals surface area contributed by atoms with Crippen molar-refractivity contribution in [1.29, 1.82) is 10.8 Å². The maximum absolute atomic E-state index is 8.74. The lowest BCUT2D eigenvalue weighted by Crippen LogP contribution is -2.42. The zero-order valence-electron chi connectivity index (χ0n) is 16.7. The highest BCUT2D eigenvalue weighted by Gasteiger charge is 2.19. The molecule has 2 saturated heterocycles. The van der Waals surface area contributed by atoms with Crippen LogP contribution in [0, 0.1) is 22.7 Å². The molecule has 0 saturated carbocycles. The summed E-state index contributed by atoms with van der Waals surface area (Å²) in [5, 5.41) is 31.8. The molecule has 0 radical (unpaired) electrons. The lowest BCUT2D eigenvalue weighted by atomic mass is 9.94. The molecule has 0 bridgehead atoms. The van der Waals surface area contributed by atoms with Gasteiger partial charge in [0.05, 0.1) is 0 Å². The van der Waals surface area contributed by atoms with Crippen LogP contribution in [-0.2, 0) is 10.4 Å². The van der Waals surface area contributed by atoms with E-state index in [1.54, 1.807) is 0 Å². The number of aliphatic hydroxyl groups excluding tert-OH is 2. The van der Waals surface area contributed by atoms with Crippen LogP contribution in [0.2, 0.25) is 0 Å². The van der Waals surface area contributed by atoms with Crippen molar-refractivity contribution in [2.75, 3.05) is 39.4 Å². The molecule has 0 aliphatic carbocycles. The van der Waals surface area contributed by atoms with Gasteiger partial charge in [0.15, 0.2) is 11.9 Å². The molecule has 0 amide bonds. The van der Waals surface area contributed by atoms with E-state index in [1.807, 2.05) is 9.80 Å². The molecule has 0 aromatic carbocycles. The summed E-state index contributed by atoms with van der Waals surface area (Å²) < 4.78 is 31.6. The van der Waals surface area contributed by atoms with Gasteiger partial charge in [0.25, 0.3) is 0 Å². The molecular formula is C16H36N6O6S. The van der Waals surface area contributed by atoms with Gasteiger partial charge in [-0.3, -0.25) is 19.9 Å². The van der Waals surface area contributed by atoms with Gasteiger partial charge in [-0.25, -0.2) is 0 Å². The molecule has 13 heteroatoms. The van der Waals surface area contributed by atoms with Gasteiger partial charge in [0, 0.05) is 39.4 Å². The highest BCUT2D eigenvalue weighted by atomic mass is 32.3. The number of rotatable bonds is 4. The van der Waals surface area contributed by atoms with E-state index in [0.717, 1.165) is 64.7 Å². The SMILES string of the molecule is N=C(N)N1CCC(CCO)CC1.N=C(N)N1CCC(CCO)CC1.O=S(=O)(O)O. The first-order chi connectivity index (χ1) is 13.5. The standard InChI is InChI=1S/2C8H17N3O.H2O4S/c2*9-8(10)11-4-1-7(2-5-11)3-6-12;1-5(2,3)4/h2*7,12H,1-6H2,(H3,9,10);(H2,1,2,3,4). The van der Waals surface area contributed by atoms with E-state index in [-0.39, 0.29) is 25.1 Å². The number of aliphatic hydroxyl groups is 2. The van der Waals surface area contributed by atoms with Crippen LogP contribution >= 0.6 is 0 Å². The van der Waals surface area contributed by atoms with Crippen molar-refractivity contribution in [1.82, 2.24) is 9.80 Å². The Morgan fingerprint density at radius 2 is 1.03 bits per heavy atom. The summed E-state index contributed by atoms with van der Waals surface area (Å²) >= 11 is 0. The number of hydrogen-bond acceptors (Lipinski definition) is 6. The number of likely N-dealkylation sites (tertiary alicyclic amines) is 2. The third-order valence-corrected chi connectivity index (χ3v) is 4.99. The van der Waals surface area contributed by atoms with Crippen LogP contribution in [0.5, 0.6) is 0 Å². The summed E-state index contributed by atoms with van der Waals surface area (Å²) in [4.78, 5) is 3.77. The minimum Gasteiger partial charge on any atom is -0.396 e. The molecule has 29 heavy (non-hydrogen) atoms. The second-order valence-electron chi connectivity index (χ2n) is 7.10. The summed E-state index contributed by atoms with van der Waals surface area (Å²) in [6.07, 6.45) is 6.01. The van der Waals surface area contributed by atoms with Crippen LogP contribution in [0.4, 0.5) is 0 Å². The second kappa shape index (κ2) is 14.3. The lowest BCUT2D eigenvalue weighted by Gasteiger charge is -2.31. The van der Waals surface area contributed by atoms with Gasteiger partial charge < -0.3 is 31.5 Å². The Labute approximate surface area is 172 Å². The minimum absolute atomic E-state index is 0.178. The average Bonchev–Trinajstić information content (AvgIpc) is 2.62. The minimum atomic E-state index is -4.67. The predicted octanol–water partition coefficient (Wildman–Crippen LogP) is -0.704. The zero-order valence-corrected chi connectivity index (χ0v) is 17.5. The van der Waals surface area contributed by atoms with Gasteiger partial charge in [-0.2, -0.15) is 8.42 Å². The predicted molar refractivity (Wildman–Crippen MR) is 110 cm³/mol. The van der Waals surface area contributed by atoms with Crippen LogP contribution in [-0.4, -0.2) is 88.8 Å². The molecule has 12 nitrogen and oxygen atoms in total. The summed E-state index contributed by atoms with van der Waals surface area (Å²) in [5.74, 6) is 1.62.